The van der Waals surface area contributed by atoms with Crippen LogP contribution in [0.2, 0.25) is 0 Å². The van der Waals surface area contributed by atoms with Crippen LogP contribution in [-0.4, -0.2) is 6.26 Å². The van der Waals surface area contributed by atoms with E-state index in [-0.39, 0.29) is 5.63 Å². The number of rotatable bonds is 4. The van der Waals surface area contributed by atoms with Gasteiger partial charge in [-0.3, -0.25) is 0 Å². The Kier molecular flexibility index (Phi) is 4.95. The van der Waals surface area contributed by atoms with Crippen molar-refractivity contribution in [3.8, 4) is 33.6 Å². The smallest absolute Gasteiger partial charge is 0.344 e. The molecule has 0 N–H and O–H groups in total. The minimum absolute atomic E-state index is 0.327. The molecule has 0 unspecified atom stereocenters. The van der Waals surface area contributed by atoms with Crippen molar-refractivity contribution in [3.63, 3.8) is 0 Å². The Bertz CT molecular complexity index is 1100. The fourth-order valence-corrected chi connectivity index (χ4v) is 3.52. The van der Waals surface area contributed by atoms with Crippen molar-refractivity contribution in [3.05, 3.63) is 101 Å². The van der Waals surface area contributed by atoms with Crippen molar-refractivity contribution in [2.75, 3.05) is 6.26 Å². The minimum Gasteiger partial charge on any atom is -0.422 e. The predicted molar refractivity (Wildman–Crippen MR) is 113 cm³/mol. The third-order valence-corrected chi connectivity index (χ3v) is 5.22. The molecule has 27 heavy (non-hydrogen) atoms. The minimum atomic E-state index is -0.327. The largest absolute Gasteiger partial charge is 0.422 e. The van der Waals surface area contributed by atoms with E-state index in [1.807, 2.05) is 97.3 Å². The Balaban J connectivity index is 1.96. The highest BCUT2D eigenvalue weighted by Crippen LogP contribution is 2.33. The molecule has 4 aromatic rings. The monoisotopic (exact) mass is 370 g/mol. The van der Waals surface area contributed by atoms with Gasteiger partial charge in [0.15, 0.2) is 0 Å². The van der Waals surface area contributed by atoms with E-state index in [9.17, 15) is 4.79 Å². The molecule has 0 atom stereocenters. The van der Waals surface area contributed by atoms with Crippen LogP contribution < -0.4 is 5.63 Å². The molecule has 0 saturated carbocycles. The van der Waals surface area contributed by atoms with Crippen molar-refractivity contribution in [1.29, 1.82) is 0 Å². The van der Waals surface area contributed by atoms with E-state index in [1.54, 1.807) is 11.8 Å². The topological polar surface area (TPSA) is 30.2 Å². The number of hydrogen-bond donors (Lipinski definition) is 0. The van der Waals surface area contributed by atoms with Gasteiger partial charge in [0.25, 0.3) is 0 Å². The predicted octanol–water partition coefficient (Wildman–Crippen LogP) is 6.36. The first-order valence-electron chi connectivity index (χ1n) is 8.69. The molecule has 0 aliphatic carbocycles. The molecule has 1 heterocycles. The van der Waals surface area contributed by atoms with Gasteiger partial charge in [-0.1, -0.05) is 72.8 Å². The van der Waals surface area contributed by atoms with Crippen LogP contribution in [0.3, 0.4) is 0 Å². The molecule has 0 radical (unpaired) electrons. The van der Waals surface area contributed by atoms with E-state index < -0.39 is 0 Å². The third-order valence-electron chi connectivity index (χ3n) is 4.47. The second kappa shape index (κ2) is 7.68. The zero-order chi connectivity index (χ0) is 18.6. The van der Waals surface area contributed by atoms with E-state index in [1.165, 1.54) is 0 Å². The Morgan fingerprint density at radius 2 is 1.30 bits per heavy atom. The van der Waals surface area contributed by atoms with Crippen molar-refractivity contribution >= 4 is 11.8 Å². The Morgan fingerprint density at radius 1 is 0.704 bits per heavy atom. The highest BCUT2D eigenvalue weighted by molar-refractivity contribution is 7.98. The van der Waals surface area contributed by atoms with Crippen LogP contribution in [-0.2, 0) is 0 Å². The lowest BCUT2D eigenvalue weighted by atomic mass is 9.95. The molecule has 0 saturated heterocycles. The first kappa shape index (κ1) is 17.4. The highest BCUT2D eigenvalue weighted by atomic mass is 32.2. The van der Waals surface area contributed by atoms with Gasteiger partial charge in [-0.2, -0.15) is 0 Å². The highest BCUT2D eigenvalue weighted by Gasteiger charge is 2.16. The van der Waals surface area contributed by atoms with Gasteiger partial charge < -0.3 is 4.42 Å². The summed E-state index contributed by atoms with van der Waals surface area (Å²) in [5.74, 6) is 0.573. The summed E-state index contributed by atoms with van der Waals surface area (Å²) in [5, 5.41) is 0. The van der Waals surface area contributed by atoms with Crippen LogP contribution in [0.5, 0.6) is 0 Å². The molecule has 0 amide bonds. The summed E-state index contributed by atoms with van der Waals surface area (Å²) in [6.45, 7) is 0. The zero-order valence-electron chi connectivity index (χ0n) is 14.9. The van der Waals surface area contributed by atoms with Crippen LogP contribution in [0.1, 0.15) is 0 Å². The van der Waals surface area contributed by atoms with E-state index in [2.05, 4.69) is 0 Å². The van der Waals surface area contributed by atoms with Crippen molar-refractivity contribution in [2.45, 2.75) is 4.90 Å². The second-order valence-electron chi connectivity index (χ2n) is 6.15. The van der Waals surface area contributed by atoms with Crippen LogP contribution in [0.25, 0.3) is 33.6 Å². The molecule has 3 aromatic carbocycles. The Hall–Kier alpha value is -3.04. The molecule has 2 nitrogen and oxygen atoms in total. The summed E-state index contributed by atoms with van der Waals surface area (Å²) in [6.07, 6.45) is 2.04. The molecule has 132 valence electrons. The first-order valence-corrected chi connectivity index (χ1v) is 9.92. The molecule has 0 aliphatic heterocycles. The van der Waals surface area contributed by atoms with E-state index in [0.717, 1.165) is 27.1 Å². The first-order chi connectivity index (χ1) is 13.3. The molecule has 0 spiro atoms. The summed E-state index contributed by atoms with van der Waals surface area (Å²) in [7, 11) is 0. The molecule has 4 rings (SSSR count). The molecule has 0 aliphatic rings. The van der Waals surface area contributed by atoms with Crippen LogP contribution in [0.15, 0.2) is 105 Å². The number of benzene rings is 3. The van der Waals surface area contributed by atoms with Crippen molar-refractivity contribution < 1.29 is 4.42 Å². The maximum absolute atomic E-state index is 13.0. The van der Waals surface area contributed by atoms with Gasteiger partial charge in [0, 0.05) is 16.0 Å². The maximum atomic E-state index is 13.0. The van der Waals surface area contributed by atoms with Crippen LogP contribution >= 0.6 is 11.8 Å². The molecule has 0 fully saturated rings. The summed E-state index contributed by atoms with van der Waals surface area (Å²) >= 11 is 1.68. The van der Waals surface area contributed by atoms with Gasteiger partial charge in [0.05, 0.1) is 5.56 Å². The molecular weight excluding hydrogens is 352 g/mol. The van der Waals surface area contributed by atoms with Gasteiger partial charge in [0.1, 0.15) is 5.76 Å². The fraction of sp³-hybridized carbons (Fsp3) is 0.0417. The van der Waals surface area contributed by atoms with Crippen LogP contribution in [0, 0.1) is 0 Å². The average molecular weight is 370 g/mol. The third kappa shape index (κ3) is 3.60. The van der Waals surface area contributed by atoms with E-state index in [0.29, 0.717) is 11.3 Å². The molecular formula is C24H18O2S. The summed E-state index contributed by atoms with van der Waals surface area (Å²) < 4.78 is 5.71. The zero-order valence-corrected chi connectivity index (χ0v) is 15.7. The second-order valence-corrected chi connectivity index (χ2v) is 7.03. The Labute approximate surface area is 162 Å². The van der Waals surface area contributed by atoms with Crippen LogP contribution in [0.4, 0.5) is 0 Å². The lowest BCUT2D eigenvalue weighted by molar-refractivity contribution is 0.529. The van der Waals surface area contributed by atoms with Gasteiger partial charge in [-0.15, -0.1) is 11.8 Å². The summed E-state index contributed by atoms with van der Waals surface area (Å²) in [6, 6.07) is 29.6. The van der Waals surface area contributed by atoms with Gasteiger partial charge in [0.2, 0.25) is 0 Å². The number of hydrogen-bond acceptors (Lipinski definition) is 3. The Morgan fingerprint density at radius 3 is 1.89 bits per heavy atom. The SMILES string of the molecule is CSc1ccc(-c2c(-c3ccccc3)cc(-c3ccccc3)oc2=O)cc1. The maximum Gasteiger partial charge on any atom is 0.344 e. The van der Waals surface area contributed by atoms with Gasteiger partial charge >= 0.3 is 5.63 Å². The standard InChI is InChI=1S/C24H18O2S/c1-27-20-14-12-19(13-15-20)23-21(17-8-4-2-5-9-17)16-22(26-24(23)25)18-10-6-3-7-11-18/h2-16H,1H3. The lowest BCUT2D eigenvalue weighted by Gasteiger charge is -2.11. The van der Waals surface area contributed by atoms with E-state index in [4.69, 9.17) is 4.42 Å². The van der Waals surface area contributed by atoms with E-state index >= 15 is 0 Å². The molecule has 0 bridgehead atoms. The lowest BCUT2D eigenvalue weighted by Crippen LogP contribution is -2.06. The fourth-order valence-electron chi connectivity index (χ4n) is 3.11. The quantitative estimate of drug-likeness (QED) is 0.391. The summed E-state index contributed by atoms with van der Waals surface area (Å²) in [5.41, 5.74) is 3.88. The summed E-state index contributed by atoms with van der Waals surface area (Å²) in [4.78, 5) is 14.1. The van der Waals surface area contributed by atoms with Gasteiger partial charge in [-0.25, -0.2) is 4.79 Å². The molecule has 3 heteroatoms. The van der Waals surface area contributed by atoms with Crippen molar-refractivity contribution in [1.82, 2.24) is 0 Å². The average Bonchev–Trinajstić information content (AvgIpc) is 2.74. The normalized spacial score (nSPS) is 10.7. The van der Waals surface area contributed by atoms with Gasteiger partial charge in [-0.05, 0) is 35.6 Å². The van der Waals surface area contributed by atoms with Crippen molar-refractivity contribution in [2.24, 2.45) is 0 Å². The molecule has 1 aromatic heterocycles. The number of thioether (sulfide) groups is 1.